The fraction of sp³-hybridized carbons (Fsp3) is 0.0952. The maximum Gasteiger partial charge on any atom is 0.127 e. The average Bonchev–Trinajstić information content (AvgIpc) is 2.62. The predicted octanol–water partition coefficient (Wildman–Crippen LogP) is 6.97. The Morgan fingerprint density at radius 2 is 1.40 bits per heavy atom. The van der Waals surface area contributed by atoms with Crippen molar-refractivity contribution in [1.82, 2.24) is 0 Å². The van der Waals surface area contributed by atoms with E-state index in [4.69, 9.17) is 27.9 Å². The number of aliphatic imine (C=N–C) groups is 1. The molecule has 0 aliphatic carbocycles. The molecule has 0 bridgehead atoms. The lowest BCUT2D eigenvalue weighted by molar-refractivity contribution is 0.482. The van der Waals surface area contributed by atoms with E-state index >= 15 is 0 Å². The lowest BCUT2D eigenvalue weighted by atomic mass is 10.1. The van der Waals surface area contributed by atoms with Crippen LogP contribution in [0.25, 0.3) is 0 Å². The van der Waals surface area contributed by atoms with Crippen LogP contribution >= 0.6 is 23.2 Å². The predicted molar refractivity (Wildman–Crippen MR) is 105 cm³/mol. The van der Waals surface area contributed by atoms with Crippen molar-refractivity contribution in [3.8, 4) is 11.5 Å². The summed E-state index contributed by atoms with van der Waals surface area (Å²) in [6.07, 6.45) is 1.82. The van der Waals surface area contributed by atoms with E-state index in [0.717, 1.165) is 22.6 Å². The lowest BCUT2D eigenvalue weighted by Gasteiger charge is -2.11. The van der Waals surface area contributed by atoms with E-state index in [0.29, 0.717) is 10.0 Å². The number of nitrogens with zero attached hydrogens (tertiary/aromatic N) is 1. The van der Waals surface area contributed by atoms with Gasteiger partial charge in [-0.2, -0.15) is 0 Å². The monoisotopic (exact) mass is 369 g/mol. The minimum atomic E-state index is -0.124. The molecule has 0 N–H and O–H groups in total. The Hall–Kier alpha value is -2.29. The molecule has 0 fully saturated rings. The second-order valence-electron chi connectivity index (χ2n) is 5.57. The molecule has 4 heteroatoms. The van der Waals surface area contributed by atoms with Gasteiger partial charge in [0.1, 0.15) is 11.5 Å². The molecule has 0 aromatic heterocycles. The molecule has 3 aromatic rings. The fourth-order valence-corrected chi connectivity index (χ4v) is 3.14. The molecule has 0 amide bonds. The molecular weight excluding hydrogens is 353 g/mol. The average molecular weight is 370 g/mol. The highest BCUT2D eigenvalue weighted by Crippen LogP contribution is 2.32. The highest BCUT2D eigenvalue weighted by molar-refractivity contribution is 6.36. The van der Waals surface area contributed by atoms with Crippen LogP contribution in [-0.2, 0) is 0 Å². The third-order valence-corrected chi connectivity index (χ3v) is 4.38. The van der Waals surface area contributed by atoms with Crippen LogP contribution in [0, 0.1) is 0 Å². The van der Waals surface area contributed by atoms with Gasteiger partial charge in [0.05, 0.1) is 6.04 Å². The van der Waals surface area contributed by atoms with E-state index in [1.165, 1.54) is 0 Å². The summed E-state index contributed by atoms with van der Waals surface area (Å²) in [7, 11) is 0. The van der Waals surface area contributed by atoms with Gasteiger partial charge in [0.15, 0.2) is 0 Å². The zero-order valence-corrected chi connectivity index (χ0v) is 15.2. The molecule has 2 nitrogen and oxygen atoms in total. The first-order valence-electron chi connectivity index (χ1n) is 7.93. The van der Waals surface area contributed by atoms with Crippen LogP contribution < -0.4 is 4.74 Å². The fourth-order valence-electron chi connectivity index (χ4n) is 2.43. The van der Waals surface area contributed by atoms with E-state index in [2.05, 4.69) is 4.99 Å². The molecule has 126 valence electrons. The Kier molecular flexibility index (Phi) is 5.75. The zero-order valence-electron chi connectivity index (χ0n) is 13.7. The molecule has 3 rings (SSSR count). The zero-order chi connectivity index (χ0) is 17.6. The summed E-state index contributed by atoms with van der Waals surface area (Å²) >= 11 is 12.5. The molecule has 3 aromatic carbocycles. The van der Waals surface area contributed by atoms with Crippen molar-refractivity contribution in [2.24, 2.45) is 4.99 Å². The Morgan fingerprint density at radius 1 is 0.800 bits per heavy atom. The van der Waals surface area contributed by atoms with Crippen LogP contribution in [0.2, 0.25) is 10.0 Å². The summed E-state index contributed by atoms with van der Waals surface area (Å²) in [5.74, 6) is 1.59. The Labute approximate surface area is 157 Å². The number of benzene rings is 3. The largest absolute Gasteiger partial charge is 0.457 e. The van der Waals surface area contributed by atoms with Crippen LogP contribution in [0.5, 0.6) is 11.5 Å². The Bertz CT molecular complexity index is 841. The maximum absolute atomic E-state index is 6.23. The van der Waals surface area contributed by atoms with E-state index < -0.39 is 0 Å². The van der Waals surface area contributed by atoms with Gasteiger partial charge >= 0.3 is 0 Å². The van der Waals surface area contributed by atoms with E-state index in [-0.39, 0.29) is 6.04 Å². The number of hydrogen-bond donors (Lipinski definition) is 0. The van der Waals surface area contributed by atoms with Gasteiger partial charge in [-0.05, 0) is 61.0 Å². The molecule has 25 heavy (non-hydrogen) atoms. The van der Waals surface area contributed by atoms with Crippen molar-refractivity contribution in [3.05, 3.63) is 94.0 Å². The van der Waals surface area contributed by atoms with Crippen molar-refractivity contribution >= 4 is 29.4 Å². The molecule has 0 heterocycles. The summed E-state index contributed by atoms with van der Waals surface area (Å²) in [6, 6.07) is 22.8. The van der Waals surface area contributed by atoms with Gasteiger partial charge in [-0.25, -0.2) is 0 Å². The van der Waals surface area contributed by atoms with Crippen molar-refractivity contribution in [2.75, 3.05) is 0 Å². The first-order chi connectivity index (χ1) is 12.1. The molecule has 1 unspecified atom stereocenters. The van der Waals surface area contributed by atoms with E-state index in [1.807, 2.05) is 85.9 Å². The van der Waals surface area contributed by atoms with E-state index in [9.17, 15) is 0 Å². The second kappa shape index (κ2) is 8.19. The van der Waals surface area contributed by atoms with Crippen molar-refractivity contribution in [1.29, 1.82) is 0 Å². The van der Waals surface area contributed by atoms with Crippen LogP contribution in [0.15, 0.2) is 77.8 Å². The Balaban J connectivity index is 1.69. The minimum Gasteiger partial charge on any atom is -0.457 e. The van der Waals surface area contributed by atoms with Gasteiger partial charge in [-0.3, -0.25) is 4.99 Å². The number of para-hydroxylation sites is 1. The molecular formula is C21H17Cl2NO. The highest BCUT2D eigenvalue weighted by atomic mass is 35.5. The molecule has 0 saturated carbocycles. The number of rotatable bonds is 5. The first-order valence-corrected chi connectivity index (χ1v) is 8.69. The third kappa shape index (κ3) is 4.62. The summed E-state index contributed by atoms with van der Waals surface area (Å²) in [6.45, 7) is 1.97. The maximum atomic E-state index is 6.23. The SMILES string of the molecule is CC(/N=C/c1ccc(Oc2ccccc2)cc1)c1c(Cl)cccc1Cl. The number of hydrogen-bond acceptors (Lipinski definition) is 2. The van der Waals surface area contributed by atoms with Crippen LogP contribution in [0.3, 0.4) is 0 Å². The van der Waals surface area contributed by atoms with Crippen LogP contribution in [0.4, 0.5) is 0 Å². The van der Waals surface area contributed by atoms with Gasteiger partial charge in [-0.1, -0.05) is 47.5 Å². The van der Waals surface area contributed by atoms with Crippen molar-refractivity contribution < 1.29 is 4.74 Å². The van der Waals surface area contributed by atoms with Gasteiger partial charge in [0.25, 0.3) is 0 Å². The third-order valence-electron chi connectivity index (χ3n) is 3.72. The molecule has 1 atom stereocenters. The van der Waals surface area contributed by atoms with Gasteiger partial charge in [0.2, 0.25) is 0 Å². The van der Waals surface area contributed by atoms with E-state index in [1.54, 1.807) is 0 Å². The van der Waals surface area contributed by atoms with Crippen molar-refractivity contribution in [2.45, 2.75) is 13.0 Å². The first kappa shape index (κ1) is 17.5. The molecule has 0 aliphatic rings. The standard InChI is InChI=1S/C21H17Cl2NO/c1-15(21-19(22)8-5-9-20(21)23)24-14-16-10-12-18(13-11-16)25-17-6-3-2-4-7-17/h2-15H,1H3/b24-14+. The summed E-state index contributed by atoms with van der Waals surface area (Å²) in [5, 5.41) is 1.26. The smallest absolute Gasteiger partial charge is 0.127 e. The van der Waals surface area contributed by atoms with Gasteiger partial charge in [0, 0.05) is 21.8 Å². The van der Waals surface area contributed by atoms with Gasteiger partial charge in [-0.15, -0.1) is 0 Å². The quantitative estimate of drug-likeness (QED) is 0.445. The summed E-state index contributed by atoms with van der Waals surface area (Å²) < 4.78 is 5.78. The molecule has 0 aliphatic heterocycles. The molecule has 0 saturated heterocycles. The highest BCUT2D eigenvalue weighted by Gasteiger charge is 2.11. The summed E-state index contributed by atoms with van der Waals surface area (Å²) in [4.78, 5) is 4.57. The number of ether oxygens (including phenoxy) is 1. The van der Waals surface area contributed by atoms with Gasteiger partial charge < -0.3 is 4.74 Å². The lowest BCUT2D eigenvalue weighted by Crippen LogP contribution is -1.94. The second-order valence-corrected chi connectivity index (χ2v) is 6.39. The number of halogens is 2. The van der Waals surface area contributed by atoms with Crippen LogP contribution in [0.1, 0.15) is 24.1 Å². The van der Waals surface area contributed by atoms with Crippen LogP contribution in [-0.4, -0.2) is 6.21 Å². The minimum absolute atomic E-state index is 0.124. The van der Waals surface area contributed by atoms with Crippen molar-refractivity contribution in [3.63, 3.8) is 0 Å². The Morgan fingerprint density at radius 3 is 2.04 bits per heavy atom. The molecule has 0 radical (unpaired) electrons. The topological polar surface area (TPSA) is 21.6 Å². The molecule has 0 spiro atoms. The normalized spacial score (nSPS) is 12.3. The summed E-state index contributed by atoms with van der Waals surface area (Å²) in [5.41, 5.74) is 1.82.